The van der Waals surface area contributed by atoms with Crippen LogP contribution in [-0.2, 0) is 16.1 Å². The minimum atomic E-state index is 0.0827. The fourth-order valence-corrected chi connectivity index (χ4v) is 3.25. The van der Waals surface area contributed by atoms with Crippen LogP contribution < -0.4 is 4.90 Å². The lowest BCUT2D eigenvalue weighted by molar-refractivity contribution is -0.123. The zero-order valence-electron chi connectivity index (χ0n) is 13.4. The van der Waals surface area contributed by atoms with Crippen LogP contribution in [0.25, 0.3) is 11.1 Å². The minimum Gasteiger partial charge on any atom is -0.367 e. The molecule has 0 saturated heterocycles. The van der Waals surface area contributed by atoms with Crippen LogP contribution in [-0.4, -0.2) is 19.1 Å². The van der Waals surface area contributed by atoms with Gasteiger partial charge in [0.05, 0.1) is 6.61 Å². The molecule has 0 radical (unpaired) electrons. The summed E-state index contributed by atoms with van der Waals surface area (Å²) in [4.78, 5) is 14.3. The molecule has 4 rings (SSSR count). The quantitative estimate of drug-likeness (QED) is 0.859. The van der Waals surface area contributed by atoms with Gasteiger partial charge in [-0.1, -0.05) is 30.3 Å². The van der Waals surface area contributed by atoms with E-state index in [1.165, 1.54) is 29.5 Å². The third-order valence-electron chi connectivity index (χ3n) is 4.75. The monoisotopic (exact) mass is 307 g/mol. The fourth-order valence-electron chi connectivity index (χ4n) is 3.25. The number of anilines is 1. The van der Waals surface area contributed by atoms with E-state index in [4.69, 9.17) is 4.74 Å². The number of fused-ring (bicyclic) bond motifs is 1. The van der Waals surface area contributed by atoms with Crippen LogP contribution in [0.1, 0.15) is 24.0 Å². The van der Waals surface area contributed by atoms with E-state index in [0.29, 0.717) is 12.5 Å². The van der Waals surface area contributed by atoms with E-state index in [2.05, 4.69) is 49.4 Å². The van der Waals surface area contributed by atoms with Gasteiger partial charge in [0.15, 0.2) is 0 Å². The molecule has 0 unspecified atom stereocenters. The molecule has 2 aliphatic rings. The predicted octanol–water partition coefficient (Wildman–Crippen LogP) is 3.94. The molecule has 2 aromatic rings. The number of hydrogen-bond acceptors (Lipinski definition) is 2. The molecule has 3 heteroatoms. The van der Waals surface area contributed by atoms with Gasteiger partial charge < -0.3 is 9.64 Å². The zero-order chi connectivity index (χ0) is 15.8. The number of rotatable bonds is 3. The second kappa shape index (κ2) is 5.82. The van der Waals surface area contributed by atoms with Crippen molar-refractivity contribution in [3.63, 3.8) is 0 Å². The van der Waals surface area contributed by atoms with Crippen molar-refractivity contribution in [3.05, 3.63) is 53.6 Å². The van der Waals surface area contributed by atoms with Crippen LogP contribution in [0.2, 0.25) is 0 Å². The molecule has 23 heavy (non-hydrogen) atoms. The third-order valence-corrected chi connectivity index (χ3v) is 4.75. The van der Waals surface area contributed by atoms with Gasteiger partial charge >= 0.3 is 0 Å². The molecule has 118 valence electrons. The van der Waals surface area contributed by atoms with Crippen molar-refractivity contribution in [1.29, 1.82) is 0 Å². The Morgan fingerprint density at radius 1 is 1.13 bits per heavy atom. The van der Waals surface area contributed by atoms with E-state index < -0.39 is 0 Å². The van der Waals surface area contributed by atoms with Crippen molar-refractivity contribution in [2.75, 3.05) is 18.1 Å². The second-order valence-corrected chi connectivity index (χ2v) is 6.60. The summed E-state index contributed by atoms with van der Waals surface area (Å²) in [7, 11) is 0. The molecule has 0 aromatic heterocycles. The zero-order valence-corrected chi connectivity index (χ0v) is 13.4. The normalized spacial score (nSPS) is 17.8. The van der Waals surface area contributed by atoms with Crippen molar-refractivity contribution in [3.8, 4) is 11.1 Å². The molecular formula is C20H21NO2. The summed E-state index contributed by atoms with van der Waals surface area (Å²) < 4.78 is 5.60. The van der Waals surface area contributed by atoms with E-state index in [-0.39, 0.29) is 12.5 Å². The molecule has 1 heterocycles. The molecule has 1 aliphatic heterocycles. The first-order chi connectivity index (χ1) is 11.2. The second-order valence-electron chi connectivity index (χ2n) is 6.60. The highest BCUT2D eigenvalue weighted by Gasteiger charge is 2.30. The lowest BCUT2D eigenvalue weighted by atomic mass is 9.98. The number of amides is 1. The largest absolute Gasteiger partial charge is 0.367 e. The van der Waals surface area contributed by atoms with Crippen LogP contribution in [0.5, 0.6) is 0 Å². The molecule has 1 saturated carbocycles. The van der Waals surface area contributed by atoms with E-state index in [1.807, 2.05) is 4.90 Å². The first kappa shape index (κ1) is 14.5. The Bertz CT molecular complexity index is 749. The summed E-state index contributed by atoms with van der Waals surface area (Å²) in [6.07, 6.45) is 2.47. The van der Waals surface area contributed by atoms with Gasteiger partial charge in [-0.25, -0.2) is 0 Å². The Labute approximate surface area is 136 Å². The predicted molar refractivity (Wildman–Crippen MR) is 91.3 cm³/mol. The Morgan fingerprint density at radius 2 is 1.96 bits per heavy atom. The first-order valence-electron chi connectivity index (χ1n) is 8.29. The lowest BCUT2D eigenvalue weighted by Crippen LogP contribution is -2.34. The summed E-state index contributed by atoms with van der Waals surface area (Å²) in [5.74, 6) is 0.750. The SMILES string of the molecule is Cc1ccccc1-c1ccc2c(c1)COCC(=O)N2CC1CC1. The van der Waals surface area contributed by atoms with Crippen molar-refractivity contribution >= 4 is 11.6 Å². The summed E-state index contributed by atoms with van der Waals surface area (Å²) in [6.45, 7) is 3.64. The molecular weight excluding hydrogens is 286 g/mol. The Kier molecular flexibility index (Phi) is 3.66. The minimum absolute atomic E-state index is 0.0827. The van der Waals surface area contributed by atoms with E-state index >= 15 is 0 Å². The number of carbonyl (C=O) groups is 1. The highest BCUT2D eigenvalue weighted by Crippen LogP contribution is 2.35. The van der Waals surface area contributed by atoms with Crippen molar-refractivity contribution in [2.45, 2.75) is 26.4 Å². The van der Waals surface area contributed by atoms with Gasteiger partial charge in [0.1, 0.15) is 6.61 Å². The molecule has 3 nitrogen and oxygen atoms in total. The van der Waals surface area contributed by atoms with Crippen LogP contribution in [0.3, 0.4) is 0 Å². The van der Waals surface area contributed by atoms with Gasteiger partial charge in [0.25, 0.3) is 5.91 Å². The molecule has 0 N–H and O–H groups in total. The first-order valence-corrected chi connectivity index (χ1v) is 8.29. The summed E-state index contributed by atoms with van der Waals surface area (Å²) in [6, 6.07) is 14.8. The number of aryl methyl sites for hydroxylation is 1. The van der Waals surface area contributed by atoms with Gasteiger partial charge in [-0.05, 0) is 54.5 Å². The average molecular weight is 307 g/mol. The maximum absolute atomic E-state index is 12.4. The molecule has 0 atom stereocenters. The van der Waals surface area contributed by atoms with Gasteiger partial charge in [-0.2, -0.15) is 0 Å². The van der Waals surface area contributed by atoms with E-state index in [0.717, 1.165) is 17.8 Å². The summed E-state index contributed by atoms with van der Waals surface area (Å²) in [5.41, 5.74) is 5.81. The third kappa shape index (κ3) is 2.89. The van der Waals surface area contributed by atoms with Crippen LogP contribution >= 0.6 is 0 Å². The van der Waals surface area contributed by atoms with Crippen LogP contribution in [0.15, 0.2) is 42.5 Å². The number of carbonyl (C=O) groups excluding carboxylic acids is 1. The van der Waals surface area contributed by atoms with E-state index in [1.54, 1.807) is 0 Å². The van der Waals surface area contributed by atoms with Gasteiger partial charge in [0, 0.05) is 17.8 Å². The Hall–Kier alpha value is -2.13. The highest BCUT2D eigenvalue weighted by atomic mass is 16.5. The maximum Gasteiger partial charge on any atom is 0.253 e. The van der Waals surface area contributed by atoms with Gasteiger partial charge in [-0.3, -0.25) is 4.79 Å². The molecule has 2 aromatic carbocycles. The lowest BCUT2D eigenvalue weighted by Gasteiger charge is -2.23. The Morgan fingerprint density at radius 3 is 2.74 bits per heavy atom. The van der Waals surface area contributed by atoms with Crippen molar-refractivity contribution in [2.24, 2.45) is 5.92 Å². The average Bonchev–Trinajstić information content (AvgIpc) is 3.38. The number of hydrogen-bond donors (Lipinski definition) is 0. The highest BCUT2D eigenvalue weighted by molar-refractivity contribution is 5.96. The van der Waals surface area contributed by atoms with E-state index in [9.17, 15) is 4.79 Å². The van der Waals surface area contributed by atoms with Crippen LogP contribution in [0, 0.1) is 12.8 Å². The van der Waals surface area contributed by atoms with Crippen molar-refractivity contribution in [1.82, 2.24) is 0 Å². The molecule has 1 amide bonds. The van der Waals surface area contributed by atoms with Gasteiger partial charge in [-0.15, -0.1) is 0 Å². The molecule has 0 spiro atoms. The number of nitrogens with zero attached hydrogens (tertiary/aromatic N) is 1. The Balaban J connectivity index is 1.74. The van der Waals surface area contributed by atoms with Crippen molar-refractivity contribution < 1.29 is 9.53 Å². The molecule has 1 fully saturated rings. The summed E-state index contributed by atoms with van der Waals surface area (Å²) in [5, 5.41) is 0. The van der Waals surface area contributed by atoms with Gasteiger partial charge in [0.2, 0.25) is 0 Å². The number of benzene rings is 2. The smallest absolute Gasteiger partial charge is 0.253 e. The molecule has 1 aliphatic carbocycles. The molecule has 0 bridgehead atoms. The van der Waals surface area contributed by atoms with Crippen LogP contribution in [0.4, 0.5) is 5.69 Å². The summed E-state index contributed by atoms with van der Waals surface area (Å²) >= 11 is 0. The topological polar surface area (TPSA) is 29.5 Å². The fraction of sp³-hybridized carbons (Fsp3) is 0.350. The standard InChI is InChI=1S/C20H21NO2/c1-14-4-2-3-5-18(14)16-8-9-19-17(10-16)12-23-13-20(22)21(19)11-15-6-7-15/h2-5,8-10,15H,6-7,11-13H2,1H3. The maximum atomic E-state index is 12.4. The number of ether oxygens (including phenoxy) is 1.